The number of hydrogen-bond donors (Lipinski definition) is 0. The van der Waals surface area contributed by atoms with Crippen LogP contribution in [0.1, 0.15) is 27.3 Å². The van der Waals surface area contributed by atoms with E-state index in [-0.39, 0.29) is 11.5 Å². The minimum Gasteiger partial charge on any atom is -0.464 e. The topological polar surface area (TPSA) is 77.3 Å². The van der Waals surface area contributed by atoms with Gasteiger partial charge in [-0.15, -0.1) is 0 Å². The lowest BCUT2D eigenvalue weighted by molar-refractivity contribution is 0.0594. The largest absolute Gasteiger partial charge is 0.464 e. The number of ether oxygens (including phenoxy) is 1. The standard InChI is InChI=1S/C24H20N4O3/c1-27-14-17(13-25-27)15-7-8-21-19(11-15)22(29)9-10-28(21)23-18-6-4-3-5-16(18)12-20(26-23)24(30)31-2/h3-8,11-14H,9-10H2,1-2H3. The van der Waals surface area contributed by atoms with E-state index >= 15 is 0 Å². The Kier molecular flexibility index (Phi) is 4.51. The first-order valence-corrected chi connectivity index (χ1v) is 9.97. The van der Waals surface area contributed by atoms with Crippen molar-refractivity contribution in [3.05, 3.63) is 72.2 Å². The van der Waals surface area contributed by atoms with Crippen molar-refractivity contribution in [3.8, 4) is 11.1 Å². The van der Waals surface area contributed by atoms with Crippen LogP contribution in [-0.2, 0) is 11.8 Å². The average molecular weight is 412 g/mol. The number of carbonyl (C=O) groups is 2. The second kappa shape index (κ2) is 7.36. The molecule has 3 heterocycles. The molecule has 0 spiro atoms. The third kappa shape index (κ3) is 3.24. The van der Waals surface area contributed by atoms with Crippen molar-refractivity contribution in [3.63, 3.8) is 0 Å². The molecule has 2 aromatic carbocycles. The van der Waals surface area contributed by atoms with Gasteiger partial charge >= 0.3 is 5.97 Å². The molecular weight excluding hydrogens is 392 g/mol. The molecular formula is C24H20N4O3. The van der Waals surface area contributed by atoms with Gasteiger partial charge in [-0.2, -0.15) is 5.10 Å². The first-order chi connectivity index (χ1) is 15.0. The van der Waals surface area contributed by atoms with Crippen LogP contribution >= 0.6 is 0 Å². The number of aryl methyl sites for hydroxylation is 1. The molecule has 0 amide bonds. The predicted molar refractivity (Wildman–Crippen MR) is 118 cm³/mol. The van der Waals surface area contributed by atoms with Crippen LogP contribution in [-0.4, -0.2) is 40.2 Å². The summed E-state index contributed by atoms with van der Waals surface area (Å²) >= 11 is 0. The van der Waals surface area contributed by atoms with Gasteiger partial charge in [0, 0.05) is 42.7 Å². The van der Waals surface area contributed by atoms with Crippen molar-refractivity contribution in [1.29, 1.82) is 0 Å². The number of Topliss-reactive ketones (excluding diaryl/α,β-unsaturated/α-hetero) is 1. The second-order valence-electron chi connectivity index (χ2n) is 7.50. The molecule has 31 heavy (non-hydrogen) atoms. The summed E-state index contributed by atoms with van der Waals surface area (Å²) in [5.74, 6) is 0.235. The molecule has 0 saturated heterocycles. The van der Waals surface area contributed by atoms with Gasteiger partial charge in [0.2, 0.25) is 0 Å². The van der Waals surface area contributed by atoms with Gasteiger partial charge in [-0.1, -0.05) is 30.3 Å². The van der Waals surface area contributed by atoms with Crippen LogP contribution in [0.3, 0.4) is 0 Å². The lowest BCUT2D eigenvalue weighted by Crippen LogP contribution is -2.29. The van der Waals surface area contributed by atoms with E-state index in [1.165, 1.54) is 7.11 Å². The highest BCUT2D eigenvalue weighted by Gasteiger charge is 2.27. The molecule has 7 nitrogen and oxygen atoms in total. The Balaban J connectivity index is 1.68. The fourth-order valence-corrected chi connectivity index (χ4v) is 4.03. The Morgan fingerprint density at radius 1 is 1.10 bits per heavy atom. The molecule has 5 rings (SSSR count). The fourth-order valence-electron chi connectivity index (χ4n) is 4.03. The normalized spacial score (nSPS) is 13.4. The summed E-state index contributed by atoms with van der Waals surface area (Å²) in [6, 6.07) is 15.3. The minimum atomic E-state index is -0.493. The van der Waals surface area contributed by atoms with E-state index < -0.39 is 5.97 Å². The maximum Gasteiger partial charge on any atom is 0.356 e. The summed E-state index contributed by atoms with van der Waals surface area (Å²) < 4.78 is 6.63. The molecule has 0 radical (unpaired) electrons. The molecule has 7 heteroatoms. The fraction of sp³-hybridized carbons (Fsp3) is 0.167. The van der Waals surface area contributed by atoms with E-state index in [0.717, 1.165) is 27.6 Å². The van der Waals surface area contributed by atoms with Crippen LogP contribution in [0.25, 0.3) is 21.9 Å². The van der Waals surface area contributed by atoms with E-state index in [2.05, 4.69) is 10.1 Å². The maximum atomic E-state index is 12.8. The Morgan fingerprint density at radius 2 is 1.94 bits per heavy atom. The maximum absolute atomic E-state index is 12.8. The Hall–Kier alpha value is -4.00. The van der Waals surface area contributed by atoms with Crippen molar-refractivity contribution >= 4 is 34.0 Å². The van der Waals surface area contributed by atoms with E-state index in [9.17, 15) is 9.59 Å². The highest BCUT2D eigenvalue weighted by molar-refractivity contribution is 6.07. The number of pyridine rings is 1. The number of esters is 1. The number of ketones is 1. The monoisotopic (exact) mass is 412 g/mol. The average Bonchev–Trinajstić information content (AvgIpc) is 3.24. The van der Waals surface area contributed by atoms with Gasteiger partial charge in [-0.25, -0.2) is 9.78 Å². The third-order valence-electron chi connectivity index (χ3n) is 5.56. The lowest BCUT2D eigenvalue weighted by Gasteiger charge is -2.31. The summed E-state index contributed by atoms with van der Waals surface area (Å²) in [5.41, 5.74) is 3.54. The van der Waals surface area contributed by atoms with Crippen LogP contribution in [0.15, 0.2) is 60.9 Å². The second-order valence-corrected chi connectivity index (χ2v) is 7.50. The number of hydrogen-bond acceptors (Lipinski definition) is 6. The Morgan fingerprint density at radius 3 is 2.71 bits per heavy atom. The van der Waals surface area contributed by atoms with Gasteiger partial charge < -0.3 is 9.64 Å². The van der Waals surface area contributed by atoms with Crippen LogP contribution in [0.5, 0.6) is 0 Å². The quantitative estimate of drug-likeness (QED) is 0.471. The van der Waals surface area contributed by atoms with Crippen molar-refractivity contribution in [2.75, 3.05) is 18.6 Å². The number of aromatic nitrogens is 3. The molecule has 0 fully saturated rings. The van der Waals surface area contributed by atoms with Gasteiger partial charge in [-0.05, 0) is 29.1 Å². The van der Waals surface area contributed by atoms with Gasteiger partial charge in [0.25, 0.3) is 0 Å². The molecule has 0 atom stereocenters. The first-order valence-electron chi connectivity index (χ1n) is 9.97. The number of methoxy groups -OCH3 is 1. The number of rotatable bonds is 3. The SMILES string of the molecule is COC(=O)c1cc2ccccc2c(N2CCC(=O)c3cc(-c4cnn(C)c4)ccc32)n1. The molecule has 2 aromatic heterocycles. The number of carbonyl (C=O) groups excluding carboxylic acids is 2. The van der Waals surface area contributed by atoms with Crippen molar-refractivity contribution in [1.82, 2.24) is 14.8 Å². The van der Waals surface area contributed by atoms with Crippen LogP contribution in [0.4, 0.5) is 11.5 Å². The van der Waals surface area contributed by atoms with E-state index in [1.807, 2.05) is 60.6 Å². The predicted octanol–water partition coefficient (Wildman–Crippen LogP) is 4.15. The summed E-state index contributed by atoms with van der Waals surface area (Å²) in [6.07, 6.45) is 4.06. The summed E-state index contributed by atoms with van der Waals surface area (Å²) in [6.45, 7) is 0.486. The van der Waals surface area contributed by atoms with Gasteiger partial charge in [-0.3, -0.25) is 9.48 Å². The molecule has 0 bridgehead atoms. The highest BCUT2D eigenvalue weighted by atomic mass is 16.5. The Bertz CT molecular complexity index is 1340. The van der Waals surface area contributed by atoms with Crippen LogP contribution < -0.4 is 4.90 Å². The number of anilines is 2. The molecule has 0 N–H and O–H groups in total. The van der Waals surface area contributed by atoms with Crippen molar-refractivity contribution in [2.24, 2.45) is 7.05 Å². The van der Waals surface area contributed by atoms with Gasteiger partial charge in [0.1, 0.15) is 5.82 Å². The van der Waals surface area contributed by atoms with Crippen LogP contribution in [0, 0.1) is 0 Å². The zero-order valence-corrected chi connectivity index (χ0v) is 17.2. The van der Waals surface area contributed by atoms with E-state index in [4.69, 9.17) is 4.74 Å². The van der Waals surface area contributed by atoms with Crippen molar-refractivity contribution < 1.29 is 14.3 Å². The molecule has 0 saturated carbocycles. The molecule has 1 aliphatic rings. The molecule has 154 valence electrons. The van der Waals surface area contributed by atoms with Gasteiger partial charge in [0.05, 0.1) is 19.0 Å². The molecule has 4 aromatic rings. The third-order valence-corrected chi connectivity index (χ3v) is 5.56. The van der Waals surface area contributed by atoms with Gasteiger partial charge in [0.15, 0.2) is 11.5 Å². The first kappa shape index (κ1) is 19.0. The van der Waals surface area contributed by atoms with E-state index in [1.54, 1.807) is 16.9 Å². The lowest BCUT2D eigenvalue weighted by atomic mass is 9.96. The van der Waals surface area contributed by atoms with Crippen molar-refractivity contribution in [2.45, 2.75) is 6.42 Å². The zero-order chi connectivity index (χ0) is 21.5. The summed E-state index contributed by atoms with van der Waals surface area (Å²) in [5, 5.41) is 6.02. The molecule has 0 aliphatic carbocycles. The number of nitrogens with zero attached hydrogens (tertiary/aromatic N) is 4. The summed E-state index contributed by atoms with van der Waals surface area (Å²) in [4.78, 5) is 31.7. The molecule has 0 unspecified atom stereocenters. The zero-order valence-electron chi connectivity index (χ0n) is 17.2. The van der Waals surface area contributed by atoms with E-state index in [0.29, 0.717) is 24.3 Å². The molecule has 1 aliphatic heterocycles. The van der Waals surface area contributed by atoms with Crippen LogP contribution in [0.2, 0.25) is 0 Å². The highest BCUT2D eigenvalue weighted by Crippen LogP contribution is 2.38. The summed E-state index contributed by atoms with van der Waals surface area (Å²) in [7, 11) is 3.20. The number of fused-ring (bicyclic) bond motifs is 2. The number of benzene rings is 2. The minimum absolute atomic E-state index is 0.0884. The Labute approximate surface area is 178 Å². The smallest absolute Gasteiger partial charge is 0.356 e.